The molecule has 4 heterocycles. The van der Waals surface area contributed by atoms with Gasteiger partial charge >= 0.3 is 0 Å². The van der Waals surface area contributed by atoms with E-state index in [0.717, 1.165) is 42.0 Å². The maximum absolute atomic E-state index is 14.9. The van der Waals surface area contributed by atoms with Crippen LogP contribution >= 0.6 is 0 Å². The van der Waals surface area contributed by atoms with Gasteiger partial charge in [-0.25, -0.2) is 0 Å². The highest BCUT2D eigenvalue weighted by atomic mass is 28.3. The lowest BCUT2D eigenvalue weighted by Crippen LogP contribution is -2.52. The van der Waals surface area contributed by atoms with Gasteiger partial charge in [0, 0.05) is 37.4 Å². The van der Waals surface area contributed by atoms with Crippen molar-refractivity contribution in [3.05, 3.63) is 71.8 Å². The molecule has 2 saturated heterocycles. The Morgan fingerprint density at radius 2 is 1.75 bits per heavy atom. The number of rotatable bonds is 14. The number of nitrogens with zero attached hydrogens (tertiary/aromatic N) is 3. The number of unbranched alkanes of at least 4 members (excludes halogenated alkanes) is 1. The number of carbonyl (C=O) groups is 3. The molecule has 0 saturated carbocycles. The molecule has 13 heteroatoms. The Kier molecular flexibility index (Phi) is 11.9. The van der Waals surface area contributed by atoms with E-state index in [0.29, 0.717) is 49.5 Å². The number of likely N-dealkylation sites (tertiary alicyclic amines) is 1. The highest BCUT2D eigenvalue weighted by molar-refractivity contribution is 6.91. The smallest absolute Gasteiger partial charge is 0.264 e. The molecule has 3 aromatic carbocycles. The maximum Gasteiger partial charge on any atom is 0.264 e. The molecule has 0 bridgehead atoms. The summed E-state index contributed by atoms with van der Waals surface area (Å²) in [4.78, 5) is 48.8. The lowest BCUT2D eigenvalue weighted by Gasteiger charge is -2.37. The van der Waals surface area contributed by atoms with E-state index in [2.05, 4.69) is 37.5 Å². The number of hydrogen-bond donors (Lipinski definition) is 3. The molecule has 6 atom stereocenters. The second kappa shape index (κ2) is 16.5. The fraction of sp³-hybridized carbons (Fsp3) is 0.523. The second-order valence-corrected chi connectivity index (χ2v) is 21.2. The first-order valence-corrected chi connectivity index (χ1v) is 23.6. The largest absolute Gasteiger partial charge is 0.497 e. The van der Waals surface area contributed by atoms with E-state index < -0.39 is 25.8 Å². The molecule has 1 unspecified atom stereocenters. The average Bonchev–Trinajstić information content (AvgIpc) is 3.87. The van der Waals surface area contributed by atoms with Crippen molar-refractivity contribution in [2.45, 2.75) is 94.8 Å². The summed E-state index contributed by atoms with van der Waals surface area (Å²) in [6, 6.07) is 18.9. The molecular formula is C44H58N4O8Si. The summed E-state index contributed by atoms with van der Waals surface area (Å²) in [6.07, 6.45) is 2.96. The number of hydrogen-bond acceptors (Lipinski definition) is 9. The Labute approximate surface area is 337 Å². The van der Waals surface area contributed by atoms with E-state index in [1.54, 1.807) is 28.9 Å². The molecule has 3 amide bonds. The van der Waals surface area contributed by atoms with Crippen LogP contribution in [0.1, 0.15) is 57.1 Å². The SMILES string of the molecule is CCOc1ccc2c(c1)CC(NCCCCO)C(=O)N2c1ccc2c(c1)[C@@]1(O[C@H](CC(=O)N3CCC[C@H]3CO)[C@@H]([Si](C)(C)c3ccc(OC)cc3)[C@@H]1C)C(=O)N2C. The quantitative estimate of drug-likeness (QED) is 0.158. The van der Waals surface area contributed by atoms with Gasteiger partial charge in [-0.05, 0) is 105 Å². The van der Waals surface area contributed by atoms with Crippen molar-refractivity contribution >= 4 is 48.0 Å². The van der Waals surface area contributed by atoms with Gasteiger partial charge in [0.1, 0.15) is 11.5 Å². The monoisotopic (exact) mass is 798 g/mol. The van der Waals surface area contributed by atoms with Crippen molar-refractivity contribution < 1.29 is 38.8 Å². The van der Waals surface area contributed by atoms with Crippen LogP contribution in [-0.2, 0) is 31.1 Å². The van der Waals surface area contributed by atoms with Crippen molar-refractivity contribution in [1.82, 2.24) is 10.2 Å². The molecule has 2 fully saturated rings. The lowest BCUT2D eigenvalue weighted by molar-refractivity contribution is -0.149. The predicted octanol–water partition coefficient (Wildman–Crippen LogP) is 4.61. The van der Waals surface area contributed by atoms with Gasteiger partial charge in [0.15, 0.2) is 5.60 Å². The van der Waals surface area contributed by atoms with Gasteiger partial charge in [0.25, 0.3) is 5.91 Å². The fourth-order valence-electron chi connectivity index (χ4n) is 10.1. The Bertz CT molecular complexity index is 1980. The standard InChI is InChI=1S/C44H58N4O8Si/c1-7-55-33-15-19-37-29(23-33)24-36(45-20-8-9-22-49)42(52)48(37)30-12-18-38-35(25-30)44(43(53)46(38)3)28(2)41(57(5,6)34-16-13-32(54-4)14-17-34)39(56-44)26-40(51)47-21-10-11-31(47)27-50/h12-19,23,25,28,31,36,39,41,45,49-50H,7-11,20-22,24,26-27H2,1-6H3/t28-,31-,36?,39+,41-,44+/m0/s1. The number of nitrogens with one attached hydrogen (secondary N) is 1. The van der Waals surface area contributed by atoms with Crippen LogP contribution in [0.3, 0.4) is 0 Å². The molecule has 0 radical (unpaired) electrons. The molecule has 3 N–H and O–H groups in total. The normalized spacial score (nSPS) is 25.7. The third-order valence-corrected chi connectivity index (χ3v) is 17.4. The van der Waals surface area contributed by atoms with Gasteiger partial charge in [0.2, 0.25) is 11.8 Å². The molecule has 7 rings (SSSR count). The summed E-state index contributed by atoms with van der Waals surface area (Å²) >= 11 is 0. The number of benzene rings is 3. The Morgan fingerprint density at radius 1 is 1.02 bits per heavy atom. The van der Waals surface area contributed by atoms with Crippen molar-refractivity contribution in [2.24, 2.45) is 5.92 Å². The van der Waals surface area contributed by atoms with E-state index in [1.807, 2.05) is 55.5 Å². The number of methoxy groups -OCH3 is 1. The summed E-state index contributed by atoms with van der Waals surface area (Å²) in [5.74, 6) is 0.778. The minimum atomic E-state index is -2.52. The molecule has 4 aliphatic heterocycles. The number of likely N-dealkylation sites (N-methyl/N-ethyl adjacent to an activating group) is 1. The number of anilines is 3. The first-order chi connectivity index (χ1) is 27.4. The summed E-state index contributed by atoms with van der Waals surface area (Å²) in [6.45, 7) is 10.3. The number of aliphatic hydroxyl groups is 2. The van der Waals surface area contributed by atoms with Gasteiger partial charge < -0.3 is 39.5 Å². The van der Waals surface area contributed by atoms with E-state index in [9.17, 15) is 24.6 Å². The number of fused-ring (bicyclic) bond motifs is 3. The van der Waals surface area contributed by atoms with Crippen LogP contribution < -0.4 is 29.8 Å². The van der Waals surface area contributed by atoms with Crippen molar-refractivity contribution in [3.8, 4) is 11.5 Å². The fourth-order valence-corrected chi connectivity index (χ4v) is 14.1. The third-order valence-electron chi connectivity index (χ3n) is 13.0. The van der Waals surface area contributed by atoms with Crippen LogP contribution in [0.2, 0.25) is 18.6 Å². The van der Waals surface area contributed by atoms with Gasteiger partial charge in [-0.15, -0.1) is 0 Å². The molecule has 3 aromatic rings. The second-order valence-electron chi connectivity index (χ2n) is 16.5. The van der Waals surface area contributed by atoms with Gasteiger partial charge in [-0.3, -0.25) is 19.3 Å². The number of aliphatic hydroxyl groups excluding tert-OH is 2. The zero-order valence-corrected chi connectivity index (χ0v) is 35.1. The van der Waals surface area contributed by atoms with Crippen LogP contribution in [0.5, 0.6) is 11.5 Å². The molecule has 12 nitrogen and oxygen atoms in total. The van der Waals surface area contributed by atoms with Crippen molar-refractivity contribution in [2.75, 3.05) is 56.9 Å². The van der Waals surface area contributed by atoms with E-state index in [1.165, 1.54) is 5.19 Å². The molecular weight excluding hydrogens is 741 g/mol. The minimum absolute atomic E-state index is 0.0717. The maximum atomic E-state index is 14.9. The van der Waals surface area contributed by atoms with Gasteiger partial charge in [-0.1, -0.05) is 37.3 Å². The van der Waals surface area contributed by atoms with Crippen LogP contribution in [0.25, 0.3) is 0 Å². The number of carbonyl (C=O) groups excluding carboxylic acids is 3. The Hall–Kier alpha value is -4.27. The van der Waals surface area contributed by atoms with Crippen molar-refractivity contribution in [3.63, 3.8) is 0 Å². The summed E-state index contributed by atoms with van der Waals surface area (Å²) < 4.78 is 18.6. The first kappa shape index (κ1) is 40.9. The lowest BCUT2D eigenvalue weighted by atomic mass is 9.82. The Balaban J connectivity index is 1.32. The molecule has 57 heavy (non-hydrogen) atoms. The zero-order valence-electron chi connectivity index (χ0n) is 34.1. The summed E-state index contributed by atoms with van der Waals surface area (Å²) in [7, 11) is 0.890. The summed E-state index contributed by atoms with van der Waals surface area (Å²) in [5.41, 5.74) is 2.17. The van der Waals surface area contributed by atoms with E-state index in [-0.39, 0.29) is 54.9 Å². The van der Waals surface area contributed by atoms with Crippen LogP contribution in [-0.4, -0.2) is 106 Å². The van der Waals surface area contributed by atoms with E-state index >= 15 is 0 Å². The topological polar surface area (TPSA) is 141 Å². The highest BCUT2D eigenvalue weighted by Crippen LogP contribution is 2.60. The van der Waals surface area contributed by atoms with Gasteiger partial charge in [-0.2, -0.15) is 0 Å². The zero-order chi connectivity index (χ0) is 40.6. The van der Waals surface area contributed by atoms with E-state index in [4.69, 9.17) is 14.2 Å². The van der Waals surface area contributed by atoms with Crippen LogP contribution in [0.4, 0.5) is 17.1 Å². The molecule has 4 aliphatic rings. The first-order valence-electron chi connectivity index (χ1n) is 20.5. The molecule has 0 aromatic heterocycles. The summed E-state index contributed by atoms with van der Waals surface area (Å²) in [5, 5.41) is 24.1. The minimum Gasteiger partial charge on any atom is -0.497 e. The predicted molar refractivity (Wildman–Crippen MR) is 222 cm³/mol. The number of amides is 3. The molecule has 306 valence electrons. The van der Waals surface area contributed by atoms with Crippen molar-refractivity contribution in [1.29, 1.82) is 0 Å². The van der Waals surface area contributed by atoms with Crippen LogP contribution in [0.15, 0.2) is 60.7 Å². The van der Waals surface area contributed by atoms with Gasteiger partial charge in [0.05, 0.1) is 64.4 Å². The number of ether oxygens (including phenoxy) is 3. The molecule has 1 spiro atoms. The van der Waals surface area contributed by atoms with Crippen LogP contribution in [0, 0.1) is 5.92 Å². The average molecular weight is 799 g/mol. The molecule has 0 aliphatic carbocycles. The highest BCUT2D eigenvalue weighted by Gasteiger charge is 2.66. The Morgan fingerprint density at radius 3 is 2.46 bits per heavy atom. The third kappa shape index (κ3) is 7.15.